The molecule has 1 heterocycles. The van der Waals surface area contributed by atoms with Crippen LogP contribution in [-0.2, 0) is 24.8 Å². The first kappa shape index (κ1) is 18.9. The number of nitrogens with one attached hydrogen (secondary N) is 1. The number of sulfonamides is 2. The van der Waals surface area contributed by atoms with Gasteiger partial charge in [0.2, 0.25) is 20.0 Å². The van der Waals surface area contributed by atoms with Crippen LogP contribution in [0.1, 0.15) is 33.1 Å². The Bertz CT molecular complexity index is 788. The van der Waals surface area contributed by atoms with Crippen molar-refractivity contribution in [2.45, 2.75) is 49.3 Å². The second kappa shape index (κ2) is 7.20. The molecule has 7 nitrogen and oxygen atoms in total. The number of carbonyl (C=O) groups is 1. The SMILES string of the molecule is CC(C)S(=O)(=O)NC(=O)C1CCCCN1S(=O)(=O)c1ccccc1. The Hall–Kier alpha value is -1.45. The van der Waals surface area contributed by atoms with Crippen LogP contribution in [0.4, 0.5) is 0 Å². The van der Waals surface area contributed by atoms with Crippen LogP contribution < -0.4 is 4.72 Å². The first-order valence-corrected chi connectivity index (χ1v) is 10.8. The van der Waals surface area contributed by atoms with E-state index >= 15 is 0 Å². The van der Waals surface area contributed by atoms with Crippen LogP contribution in [0.25, 0.3) is 0 Å². The standard InChI is InChI=1S/C15H22N2O5S2/c1-12(2)23(19,20)16-15(18)14-10-6-7-11-17(14)24(21,22)13-8-4-3-5-9-13/h3-5,8-9,12,14H,6-7,10-11H2,1-2H3,(H,16,18). The monoisotopic (exact) mass is 374 g/mol. The molecule has 2 rings (SSSR count). The quantitative estimate of drug-likeness (QED) is 0.831. The molecule has 9 heteroatoms. The van der Waals surface area contributed by atoms with Crippen LogP contribution in [0.3, 0.4) is 0 Å². The summed E-state index contributed by atoms with van der Waals surface area (Å²) in [5.74, 6) is -0.789. The Morgan fingerprint density at radius 1 is 1.12 bits per heavy atom. The van der Waals surface area contributed by atoms with E-state index in [4.69, 9.17) is 0 Å². The van der Waals surface area contributed by atoms with Crippen molar-refractivity contribution in [3.63, 3.8) is 0 Å². The van der Waals surface area contributed by atoms with Gasteiger partial charge in [-0.15, -0.1) is 0 Å². The largest absolute Gasteiger partial charge is 0.272 e. The third kappa shape index (κ3) is 3.96. The lowest BCUT2D eigenvalue weighted by Gasteiger charge is -2.33. The van der Waals surface area contributed by atoms with Gasteiger partial charge in [-0.2, -0.15) is 4.31 Å². The summed E-state index contributed by atoms with van der Waals surface area (Å²) in [4.78, 5) is 12.5. The molecule has 1 aromatic rings. The highest BCUT2D eigenvalue weighted by Gasteiger charge is 2.39. The summed E-state index contributed by atoms with van der Waals surface area (Å²) in [6, 6.07) is 6.82. The van der Waals surface area contributed by atoms with Gasteiger partial charge in [0.1, 0.15) is 6.04 Å². The number of hydrogen-bond donors (Lipinski definition) is 1. The molecule has 1 N–H and O–H groups in total. The molecule has 1 fully saturated rings. The molecule has 0 bridgehead atoms. The van der Waals surface area contributed by atoms with Crippen molar-refractivity contribution < 1.29 is 21.6 Å². The fourth-order valence-electron chi connectivity index (χ4n) is 2.51. The molecule has 0 aliphatic carbocycles. The maximum Gasteiger partial charge on any atom is 0.251 e. The van der Waals surface area contributed by atoms with E-state index in [1.807, 2.05) is 4.72 Å². The molecule has 24 heavy (non-hydrogen) atoms. The lowest BCUT2D eigenvalue weighted by atomic mass is 10.0. The van der Waals surface area contributed by atoms with Gasteiger partial charge >= 0.3 is 0 Å². The van der Waals surface area contributed by atoms with Crippen molar-refractivity contribution in [2.24, 2.45) is 0 Å². The highest BCUT2D eigenvalue weighted by Crippen LogP contribution is 2.25. The minimum Gasteiger partial charge on any atom is -0.272 e. The minimum absolute atomic E-state index is 0.0939. The van der Waals surface area contributed by atoms with Crippen LogP contribution >= 0.6 is 0 Å². The van der Waals surface area contributed by atoms with Crippen LogP contribution in [-0.4, -0.2) is 44.9 Å². The van der Waals surface area contributed by atoms with Gasteiger partial charge in [-0.1, -0.05) is 24.6 Å². The molecule has 1 saturated heterocycles. The van der Waals surface area contributed by atoms with E-state index in [9.17, 15) is 21.6 Å². The van der Waals surface area contributed by atoms with Gasteiger partial charge < -0.3 is 0 Å². The Morgan fingerprint density at radius 3 is 2.33 bits per heavy atom. The topological polar surface area (TPSA) is 101 Å². The minimum atomic E-state index is -3.85. The Balaban J connectivity index is 2.30. The normalized spacial score (nSPS) is 20.0. The summed E-state index contributed by atoms with van der Waals surface area (Å²) in [5.41, 5.74) is 0. The molecule has 1 unspecified atom stereocenters. The van der Waals surface area contributed by atoms with E-state index in [0.29, 0.717) is 19.3 Å². The summed E-state index contributed by atoms with van der Waals surface area (Å²) in [7, 11) is -7.66. The van der Waals surface area contributed by atoms with Gasteiger partial charge in [-0.25, -0.2) is 16.8 Å². The van der Waals surface area contributed by atoms with Crippen LogP contribution in [0.15, 0.2) is 35.2 Å². The van der Waals surface area contributed by atoms with Crippen molar-refractivity contribution in [2.75, 3.05) is 6.54 Å². The molecular formula is C15H22N2O5S2. The summed E-state index contributed by atoms with van der Waals surface area (Å²) in [6.45, 7) is 3.10. The number of piperidine rings is 1. The zero-order chi connectivity index (χ0) is 18.0. The van der Waals surface area contributed by atoms with Crippen LogP contribution in [0.5, 0.6) is 0 Å². The third-order valence-corrected chi connectivity index (χ3v) is 7.62. The van der Waals surface area contributed by atoms with Gasteiger partial charge in [0.25, 0.3) is 5.91 Å². The van der Waals surface area contributed by atoms with Gasteiger partial charge in [-0.05, 0) is 38.8 Å². The summed E-state index contributed by atoms with van der Waals surface area (Å²) >= 11 is 0. The first-order chi connectivity index (χ1) is 11.2. The fraction of sp³-hybridized carbons (Fsp3) is 0.533. The number of hydrogen-bond acceptors (Lipinski definition) is 5. The molecule has 0 spiro atoms. The maximum absolute atomic E-state index is 12.8. The number of benzene rings is 1. The fourth-order valence-corrected chi connectivity index (χ4v) is 4.84. The first-order valence-electron chi connectivity index (χ1n) is 7.78. The lowest BCUT2D eigenvalue weighted by Crippen LogP contribution is -2.53. The predicted molar refractivity (Wildman–Crippen MR) is 90.2 cm³/mol. The zero-order valence-electron chi connectivity index (χ0n) is 13.7. The molecule has 0 radical (unpaired) electrons. The van der Waals surface area contributed by atoms with Gasteiger partial charge in [0.15, 0.2) is 0 Å². The number of carbonyl (C=O) groups excluding carboxylic acids is 1. The second-order valence-electron chi connectivity index (χ2n) is 6.00. The molecule has 1 atom stereocenters. The Labute approximate surface area is 143 Å². The molecule has 1 aromatic carbocycles. The van der Waals surface area contributed by atoms with E-state index in [1.165, 1.54) is 26.0 Å². The van der Waals surface area contributed by atoms with E-state index in [1.54, 1.807) is 18.2 Å². The molecule has 134 valence electrons. The van der Waals surface area contributed by atoms with E-state index in [2.05, 4.69) is 0 Å². The van der Waals surface area contributed by atoms with Crippen LogP contribution in [0, 0.1) is 0 Å². The Morgan fingerprint density at radius 2 is 1.75 bits per heavy atom. The second-order valence-corrected chi connectivity index (χ2v) is 10.1. The summed E-state index contributed by atoms with van der Waals surface area (Å²) in [5, 5.41) is -0.774. The smallest absolute Gasteiger partial charge is 0.251 e. The van der Waals surface area contributed by atoms with Crippen molar-refractivity contribution in [3.05, 3.63) is 30.3 Å². The predicted octanol–water partition coefficient (Wildman–Crippen LogP) is 1.08. The van der Waals surface area contributed by atoms with Crippen molar-refractivity contribution >= 4 is 26.0 Å². The molecule has 0 saturated carbocycles. The average molecular weight is 374 g/mol. The molecule has 1 aliphatic heterocycles. The molecule has 1 amide bonds. The maximum atomic E-state index is 12.8. The highest BCUT2D eigenvalue weighted by molar-refractivity contribution is 7.90. The van der Waals surface area contributed by atoms with E-state index in [-0.39, 0.29) is 11.4 Å². The summed E-state index contributed by atoms with van der Waals surface area (Å²) in [6.07, 6.45) is 1.60. The van der Waals surface area contributed by atoms with Crippen molar-refractivity contribution in [1.29, 1.82) is 0 Å². The van der Waals surface area contributed by atoms with E-state index < -0.39 is 37.2 Å². The lowest BCUT2D eigenvalue weighted by molar-refractivity contribution is -0.123. The highest BCUT2D eigenvalue weighted by atomic mass is 32.2. The van der Waals surface area contributed by atoms with Crippen molar-refractivity contribution in [3.8, 4) is 0 Å². The van der Waals surface area contributed by atoms with Crippen molar-refractivity contribution in [1.82, 2.24) is 9.03 Å². The molecule has 1 aliphatic rings. The molecule has 0 aromatic heterocycles. The van der Waals surface area contributed by atoms with E-state index in [0.717, 1.165) is 4.31 Å². The van der Waals surface area contributed by atoms with Gasteiger partial charge in [0.05, 0.1) is 10.1 Å². The number of rotatable bonds is 5. The van der Waals surface area contributed by atoms with Gasteiger partial charge in [0, 0.05) is 6.54 Å². The third-order valence-electron chi connectivity index (χ3n) is 3.97. The number of nitrogens with zero attached hydrogens (tertiary/aromatic N) is 1. The summed E-state index contributed by atoms with van der Waals surface area (Å²) < 4.78 is 52.5. The Kier molecular flexibility index (Phi) is 5.67. The van der Waals surface area contributed by atoms with Crippen LogP contribution in [0.2, 0.25) is 0 Å². The average Bonchev–Trinajstić information content (AvgIpc) is 2.55. The molecular weight excluding hydrogens is 352 g/mol. The van der Waals surface area contributed by atoms with Gasteiger partial charge in [-0.3, -0.25) is 9.52 Å². The zero-order valence-corrected chi connectivity index (χ0v) is 15.3. The number of amides is 1.